The van der Waals surface area contributed by atoms with Gasteiger partial charge in [-0.15, -0.1) is 0 Å². The molecule has 1 fully saturated rings. The fourth-order valence-corrected chi connectivity index (χ4v) is 3.22. The van der Waals surface area contributed by atoms with Gasteiger partial charge in [-0.1, -0.05) is 50.5 Å². The van der Waals surface area contributed by atoms with Crippen molar-refractivity contribution in [2.24, 2.45) is 11.8 Å². The SMILES string of the molecule is CCCCC[C@H](O)/C=C\[C@H]1[C@H](O)CC(=O)[C@@H]1C/C=C/CCCC(=O)O. The lowest BCUT2D eigenvalue weighted by molar-refractivity contribution is -0.137. The van der Waals surface area contributed by atoms with Crippen LogP contribution in [0.25, 0.3) is 0 Å². The number of carbonyl (C=O) groups is 2. The Labute approximate surface area is 150 Å². The predicted octanol–water partition coefficient (Wildman–Crippen LogP) is 3.25. The van der Waals surface area contributed by atoms with Gasteiger partial charge in [0.25, 0.3) is 0 Å². The molecule has 1 aliphatic rings. The number of ketones is 1. The number of allylic oxidation sites excluding steroid dienone is 2. The van der Waals surface area contributed by atoms with Crippen LogP contribution in [-0.2, 0) is 9.59 Å². The van der Waals surface area contributed by atoms with Crippen molar-refractivity contribution in [1.29, 1.82) is 0 Å². The van der Waals surface area contributed by atoms with Gasteiger partial charge in [-0.3, -0.25) is 9.59 Å². The number of aliphatic hydroxyl groups excluding tert-OH is 2. The third kappa shape index (κ3) is 8.45. The van der Waals surface area contributed by atoms with Gasteiger partial charge in [-0.05, 0) is 25.7 Å². The number of aliphatic hydroxyl groups is 2. The third-order valence-corrected chi connectivity index (χ3v) is 4.71. The number of aliphatic carboxylic acids is 1. The van der Waals surface area contributed by atoms with Gasteiger partial charge in [0.1, 0.15) is 5.78 Å². The Morgan fingerprint density at radius 2 is 2.04 bits per heavy atom. The zero-order chi connectivity index (χ0) is 18.7. The molecule has 25 heavy (non-hydrogen) atoms. The molecule has 0 radical (unpaired) electrons. The van der Waals surface area contributed by atoms with Crippen LogP contribution in [0.4, 0.5) is 0 Å². The number of carboxylic acids is 1. The van der Waals surface area contributed by atoms with Crippen molar-refractivity contribution in [2.75, 3.05) is 0 Å². The molecule has 5 nitrogen and oxygen atoms in total. The Hall–Kier alpha value is -1.46. The van der Waals surface area contributed by atoms with E-state index in [9.17, 15) is 19.8 Å². The van der Waals surface area contributed by atoms with E-state index in [2.05, 4.69) is 6.92 Å². The molecule has 0 aromatic rings. The molecule has 0 amide bonds. The minimum absolute atomic E-state index is 0.0535. The van der Waals surface area contributed by atoms with Crippen molar-refractivity contribution in [3.05, 3.63) is 24.3 Å². The molecule has 3 N–H and O–H groups in total. The van der Waals surface area contributed by atoms with E-state index in [0.29, 0.717) is 25.7 Å². The van der Waals surface area contributed by atoms with Gasteiger partial charge in [-0.2, -0.15) is 0 Å². The van der Waals surface area contributed by atoms with Gasteiger partial charge in [0.15, 0.2) is 0 Å². The van der Waals surface area contributed by atoms with E-state index < -0.39 is 18.2 Å². The van der Waals surface area contributed by atoms with Crippen molar-refractivity contribution >= 4 is 11.8 Å². The fourth-order valence-electron chi connectivity index (χ4n) is 3.22. The zero-order valence-electron chi connectivity index (χ0n) is 15.1. The van der Waals surface area contributed by atoms with Gasteiger partial charge >= 0.3 is 5.97 Å². The number of Topliss-reactive ketones (excluding diaryl/α,β-unsaturated/α-hetero) is 1. The van der Waals surface area contributed by atoms with Crippen LogP contribution in [0.15, 0.2) is 24.3 Å². The molecule has 0 aliphatic heterocycles. The molecular weight excluding hydrogens is 320 g/mol. The Balaban J connectivity index is 2.48. The Kier molecular flexibility index (Phi) is 10.3. The monoisotopic (exact) mass is 352 g/mol. The normalized spacial score (nSPS) is 25.2. The Bertz CT molecular complexity index is 469. The lowest BCUT2D eigenvalue weighted by Crippen LogP contribution is -2.18. The number of hydrogen-bond donors (Lipinski definition) is 3. The maximum atomic E-state index is 12.1. The lowest BCUT2D eigenvalue weighted by Gasteiger charge is -2.16. The molecule has 4 atom stereocenters. The summed E-state index contributed by atoms with van der Waals surface area (Å²) in [6, 6.07) is 0. The van der Waals surface area contributed by atoms with Crippen molar-refractivity contribution in [3.63, 3.8) is 0 Å². The summed E-state index contributed by atoms with van der Waals surface area (Å²) in [7, 11) is 0. The molecule has 1 saturated carbocycles. The van der Waals surface area contributed by atoms with Crippen LogP contribution in [-0.4, -0.2) is 39.3 Å². The molecule has 1 aliphatic carbocycles. The maximum Gasteiger partial charge on any atom is 0.303 e. The summed E-state index contributed by atoms with van der Waals surface area (Å²) >= 11 is 0. The summed E-state index contributed by atoms with van der Waals surface area (Å²) in [5.74, 6) is -1.26. The Morgan fingerprint density at radius 3 is 2.72 bits per heavy atom. The van der Waals surface area contributed by atoms with Gasteiger partial charge in [0.05, 0.1) is 12.2 Å². The first-order valence-electron chi connectivity index (χ1n) is 9.39. The molecule has 0 bridgehead atoms. The van der Waals surface area contributed by atoms with Crippen LogP contribution in [0, 0.1) is 11.8 Å². The van der Waals surface area contributed by atoms with E-state index in [1.165, 1.54) is 0 Å². The van der Waals surface area contributed by atoms with Gasteiger partial charge in [-0.25, -0.2) is 0 Å². The van der Waals surface area contributed by atoms with Crippen molar-refractivity contribution in [1.82, 2.24) is 0 Å². The Morgan fingerprint density at radius 1 is 1.28 bits per heavy atom. The summed E-state index contributed by atoms with van der Waals surface area (Å²) in [6.07, 6.45) is 12.1. The number of carboxylic acid groups (broad SMARTS) is 1. The van der Waals surface area contributed by atoms with Gasteiger partial charge in [0, 0.05) is 24.7 Å². The molecule has 142 valence electrons. The molecule has 0 spiro atoms. The van der Waals surface area contributed by atoms with Crippen molar-refractivity contribution in [2.45, 2.75) is 76.9 Å². The second-order valence-corrected chi connectivity index (χ2v) is 6.86. The molecule has 0 saturated heterocycles. The van der Waals surface area contributed by atoms with E-state index >= 15 is 0 Å². The average Bonchev–Trinajstić information content (AvgIpc) is 2.82. The van der Waals surface area contributed by atoms with Crippen molar-refractivity contribution in [3.8, 4) is 0 Å². The molecule has 0 aromatic heterocycles. The highest BCUT2D eigenvalue weighted by molar-refractivity contribution is 5.84. The highest BCUT2D eigenvalue weighted by Crippen LogP contribution is 2.33. The minimum Gasteiger partial charge on any atom is -0.481 e. The minimum atomic E-state index is -0.801. The summed E-state index contributed by atoms with van der Waals surface area (Å²) in [5, 5.41) is 28.7. The van der Waals surface area contributed by atoms with E-state index in [-0.39, 0.29) is 30.5 Å². The summed E-state index contributed by atoms with van der Waals surface area (Å²) in [5.41, 5.74) is 0. The molecule has 0 heterocycles. The van der Waals surface area contributed by atoms with Gasteiger partial charge < -0.3 is 15.3 Å². The second kappa shape index (κ2) is 12.0. The van der Waals surface area contributed by atoms with Gasteiger partial charge in [0.2, 0.25) is 0 Å². The van der Waals surface area contributed by atoms with E-state index in [1.54, 1.807) is 12.2 Å². The predicted molar refractivity (Wildman–Crippen MR) is 97.1 cm³/mol. The summed E-state index contributed by atoms with van der Waals surface area (Å²) in [6.45, 7) is 2.11. The second-order valence-electron chi connectivity index (χ2n) is 6.86. The third-order valence-electron chi connectivity index (χ3n) is 4.71. The summed E-state index contributed by atoms with van der Waals surface area (Å²) in [4.78, 5) is 22.5. The first-order chi connectivity index (χ1) is 12.0. The molecular formula is C20H32O5. The van der Waals surface area contributed by atoms with E-state index in [0.717, 1.165) is 19.3 Å². The first kappa shape index (κ1) is 21.6. The largest absolute Gasteiger partial charge is 0.481 e. The fraction of sp³-hybridized carbons (Fsp3) is 0.700. The molecule has 1 rings (SSSR count). The van der Waals surface area contributed by atoms with Crippen LogP contribution in [0.2, 0.25) is 0 Å². The highest BCUT2D eigenvalue weighted by Gasteiger charge is 2.39. The topological polar surface area (TPSA) is 94.8 Å². The molecule has 0 aromatic carbocycles. The van der Waals surface area contributed by atoms with E-state index in [1.807, 2.05) is 12.2 Å². The van der Waals surface area contributed by atoms with Crippen LogP contribution in [0.3, 0.4) is 0 Å². The quantitative estimate of drug-likeness (QED) is 0.370. The van der Waals surface area contributed by atoms with Crippen molar-refractivity contribution < 1.29 is 24.9 Å². The van der Waals surface area contributed by atoms with Crippen LogP contribution in [0.1, 0.15) is 64.7 Å². The number of carbonyl (C=O) groups excluding carboxylic acids is 1. The molecule has 5 heteroatoms. The number of unbranched alkanes of at least 4 members (excludes halogenated alkanes) is 3. The smallest absolute Gasteiger partial charge is 0.303 e. The lowest BCUT2D eigenvalue weighted by atomic mass is 9.90. The highest BCUT2D eigenvalue weighted by atomic mass is 16.4. The van der Waals surface area contributed by atoms with Crippen LogP contribution in [0.5, 0.6) is 0 Å². The number of hydrogen-bond acceptors (Lipinski definition) is 4. The average molecular weight is 352 g/mol. The standard InChI is InChI=1S/C20H32O5/c1-2-3-6-9-15(21)12-13-17-16(18(22)14-19(17)23)10-7-4-5-8-11-20(24)25/h4,7,12-13,15-17,19,21,23H,2-3,5-6,8-11,14H2,1H3,(H,24,25)/b7-4+,13-12-/t15-,16+,17+,19+/m0/s1. The van der Waals surface area contributed by atoms with Crippen LogP contribution < -0.4 is 0 Å². The summed E-state index contributed by atoms with van der Waals surface area (Å²) < 4.78 is 0. The zero-order valence-corrected chi connectivity index (χ0v) is 15.1. The number of rotatable bonds is 12. The first-order valence-corrected chi connectivity index (χ1v) is 9.39. The maximum absolute atomic E-state index is 12.1. The molecule has 0 unspecified atom stereocenters. The van der Waals surface area contributed by atoms with E-state index in [4.69, 9.17) is 5.11 Å². The van der Waals surface area contributed by atoms with Crippen LogP contribution >= 0.6 is 0 Å².